The largest absolute Gasteiger partial charge is 0.497 e. The number of nitrogens with one attached hydrogen (secondary N) is 2. The highest BCUT2D eigenvalue weighted by Crippen LogP contribution is 2.33. The Balaban J connectivity index is 2.03. The van der Waals surface area contributed by atoms with Gasteiger partial charge in [0.2, 0.25) is 15.9 Å². The van der Waals surface area contributed by atoms with Crippen LogP contribution in [0, 0.1) is 5.92 Å². The predicted octanol–water partition coefficient (Wildman–Crippen LogP) is 0.316. The van der Waals surface area contributed by atoms with Crippen molar-refractivity contribution in [3.05, 3.63) is 23.8 Å². The standard InChI is InChI=1S/C23H36N4O8S/c1-5-35-21(29)15-26-10-12-27(13-11-26)20(28)8-9-24-36(32,33)19-7-6-17(34-4)14-18(19)22(16(2)3)23(30)25-31/h6-7,14,16,22,24,31H,5,8-13,15H2,1-4H3,(H,25,30). The van der Waals surface area contributed by atoms with Gasteiger partial charge in [0.25, 0.3) is 5.91 Å². The van der Waals surface area contributed by atoms with Gasteiger partial charge in [-0.25, -0.2) is 18.6 Å². The molecule has 1 saturated heterocycles. The summed E-state index contributed by atoms with van der Waals surface area (Å²) in [4.78, 5) is 40.0. The van der Waals surface area contributed by atoms with E-state index < -0.39 is 21.8 Å². The van der Waals surface area contributed by atoms with Crippen molar-refractivity contribution in [1.29, 1.82) is 0 Å². The topological polar surface area (TPSA) is 155 Å². The Labute approximate surface area is 211 Å². The van der Waals surface area contributed by atoms with E-state index in [1.165, 1.54) is 25.3 Å². The lowest BCUT2D eigenvalue weighted by Crippen LogP contribution is -2.50. The first kappa shape index (κ1) is 29.5. The molecule has 2 rings (SSSR count). The summed E-state index contributed by atoms with van der Waals surface area (Å²) in [7, 11) is -2.67. The first-order valence-electron chi connectivity index (χ1n) is 11.8. The Morgan fingerprint density at radius 1 is 1.14 bits per heavy atom. The number of carbonyl (C=O) groups is 3. The molecule has 1 aromatic carbocycles. The van der Waals surface area contributed by atoms with E-state index in [4.69, 9.17) is 9.47 Å². The zero-order chi connectivity index (χ0) is 26.9. The summed E-state index contributed by atoms with van der Waals surface area (Å²) >= 11 is 0. The van der Waals surface area contributed by atoms with E-state index in [0.717, 1.165) is 0 Å². The van der Waals surface area contributed by atoms with Crippen LogP contribution >= 0.6 is 0 Å². The summed E-state index contributed by atoms with van der Waals surface area (Å²) < 4.78 is 38.8. The second-order valence-corrected chi connectivity index (χ2v) is 10.4. The van der Waals surface area contributed by atoms with E-state index in [1.807, 2.05) is 4.90 Å². The minimum Gasteiger partial charge on any atom is -0.497 e. The molecule has 0 aliphatic carbocycles. The number of ether oxygens (including phenoxy) is 2. The number of esters is 1. The maximum absolute atomic E-state index is 13.1. The highest BCUT2D eigenvalue weighted by Gasteiger charge is 2.31. The molecule has 1 aromatic rings. The molecular weight excluding hydrogens is 492 g/mol. The highest BCUT2D eigenvalue weighted by atomic mass is 32.2. The Morgan fingerprint density at radius 2 is 1.81 bits per heavy atom. The van der Waals surface area contributed by atoms with Gasteiger partial charge >= 0.3 is 5.97 Å². The lowest BCUT2D eigenvalue weighted by atomic mass is 9.87. The van der Waals surface area contributed by atoms with Crippen molar-refractivity contribution in [2.75, 3.05) is 53.0 Å². The molecule has 1 unspecified atom stereocenters. The van der Waals surface area contributed by atoms with Gasteiger partial charge in [0.1, 0.15) is 5.75 Å². The second-order valence-electron chi connectivity index (χ2n) is 8.71. The van der Waals surface area contributed by atoms with Crippen molar-refractivity contribution >= 4 is 27.8 Å². The third-order valence-corrected chi connectivity index (χ3v) is 7.45. The molecule has 13 heteroatoms. The quantitative estimate of drug-likeness (QED) is 0.198. The Hall–Kier alpha value is -2.74. The zero-order valence-corrected chi connectivity index (χ0v) is 22.0. The smallest absolute Gasteiger partial charge is 0.320 e. The van der Waals surface area contributed by atoms with Gasteiger partial charge in [-0.05, 0) is 36.6 Å². The monoisotopic (exact) mass is 528 g/mol. The van der Waals surface area contributed by atoms with Crippen molar-refractivity contribution < 1.29 is 37.5 Å². The van der Waals surface area contributed by atoms with Crippen LogP contribution in [-0.2, 0) is 29.1 Å². The Bertz CT molecular complexity index is 1020. The summed E-state index contributed by atoms with van der Waals surface area (Å²) in [5.74, 6) is -2.18. The number of nitrogens with zero attached hydrogens (tertiary/aromatic N) is 2. The van der Waals surface area contributed by atoms with Gasteiger partial charge in [0, 0.05) is 39.1 Å². The van der Waals surface area contributed by atoms with Crippen molar-refractivity contribution in [3.63, 3.8) is 0 Å². The van der Waals surface area contributed by atoms with Gasteiger partial charge in [0.15, 0.2) is 0 Å². The van der Waals surface area contributed by atoms with E-state index in [9.17, 15) is 28.0 Å². The van der Waals surface area contributed by atoms with E-state index in [-0.39, 0.29) is 47.8 Å². The van der Waals surface area contributed by atoms with Crippen molar-refractivity contribution in [2.24, 2.45) is 5.92 Å². The number of benzene rings is 1. The molecule has 0 bridgehead atoms. The first-order chi connectivity index (χ1) is 17.0. The average molecular weight is 529 g/mol. The SMILES string of the molecule is CCOC(=O)CN1CCN(C(=O)CCNS(=O)(=O)c2ccc(OC)cc2C(C(=O)NO)C(C)C)CC1. The fourth-order valence-corrected chi connectivity index (χ4v) is 5.36. The Morgan fingerprint density at radius 3 is 2.36 bits per heavy atom. The number of sulfonamides is 1. The normalized spacial score (nSPS) is 15.4. The molecule has 1 aliphatic rings. The highest BCUT2D eigenvalue weighted by molar-refractivity contribution is 7.89. The fraction of sp³-hybridized carbons (Fsp3) is 0.609. The summed E-state index contributed by atoms with van der Waals surface area (Å²) in [6.45, 7) is 7.47. The molecule has 1 atom stereocenters. The van der Waals surface area contributed by atoms with Crippen LogP contribution in [-0.4, -0.2) is 94.2 Å². The van der Waals surface area contributed by atoms with Gasteiger partial charge in [-0.3, -0.25) is 24.5 Å². The van der Waals surface area contributed by atoms with Crippen LogP contribution in [0.3, 0.4) is 0 Å². The van der Waals surface area contributed by atoms with Gasteiger partial charge < -0.3 is 14.4 Å². The molecule has 0 saturated carbocycles. The van der Waals surface area contributed by atoms with Crippen LogP contribution < -0.4 is 14.9 Å². The maximum atomic E-state index is 13.1. The number of amides is 2. The molecule has 0 aromatic heterocycles. The molecule has 1 fully saturated rings. The summed E-state index contributed by atoms with van der Waals surface area (Å²) in [5.41, 5.74) is 1.77. The molecule has 0 radical (unpaired) electrons. The van der Waals surface area contributed by atoms with E-state index in [2.05, 4.69) is 4.72 Å². The number of rotatable bonds is 12. The van der Waals surface area contributed by atoms with Crippen molar-refractivity contribution in [2.45, 2.75) is 38.0 Å². The molecule has 202 valence electrons. The molecular formula is C23H36N4O8S. The number of piperazine rings is 1. The molecule has 3 N–H and O–H groups in total. The van der Waals surface area contributed by atoms with E-state index in [0.29, 0.717) is 38.5 Å². The zero-order valence-electron chi connectivity index (χ0n) is 21.2. The first-order valence-corrected chi connectivity index (χ1v) is 13.3. The number of methoxy groups -OCH3 is 1. The van der Waals surface area contributed by atoms with Crippen molar-refractivity contribution in [1.82, 2.24) is 20.0 Å². The molecule has 1 aliphatic heterocycles. The number of carbonyl (C=O) groups excluding carboxylic acids is 3. The minimum atomic E-state index is -4.09. The lowest BCUT2D eigenvalue weighted by molar-refractivity contribution is -0.145. The fourth-order valence-electron chi connectivity index (χ4n) is 4.09. The summed E-state index contributed by atoms with van der Waals surface area (Å²) in [5, 5.41) is 9.18. The van der Waals surface area contributed by atoms with Gasteiger partial charge in [-0.1, -0.05) is 13.8 Å². The van der Waals surface area contributed by atoms with E-state index in [1.54, 1.807) is 31.2 Å². The van der Waals surface area contributed by atoms with Crippen LogP contribution in [0.2, 0.25) is 0 Å². The van der Waals surface area contributed by atoms with Crippen LogP contribution in [0.15, 0.2) is 23.1 Å². The van der Waals surface area contributed by atoms with Crippen LogP contribution in [0.4, 0.5) is 0 Å². The van der Waals surface area contributed by atoms with Gasteiger partial charge in [-0.2, -0.15) is 0 Å². The third kappa shape index (κ3) is 7.88. The third-order valence-electron chi connectivity index (χ3n) is 5.91. The summed E-state index contributed by atoms with van der Waals surface area (Å²) in [6.07, 6.45) is -0.0483. The van der Waals surface area contributed by atoms with E-state index >= 15 is 0 Å². The summed E-state index contributed by atoms with van der Waals surface area (Å²) in [6, 6.07) is 4.25. The average Bonchev–Trinajstić information content (AvgIpc) is 2.84. The predicted molar refractivity (Wildman–Crippen MR) is 130 cm³/mol. The van der Waals surface area contributed by atoms with Crippen LogP contribution in [0.1, 0.15) is 38.7 Å². The number of hydroxylamine groups is 1. The van der Waals surface area contributed by atoms with Crippen LogP contribution in [0.5, 0.6) is 5.75 Å². The number of hydrogen-bond donors (Lipinski definition) is 3. The number of hydrogen-bond acceptors (Lipinski definition) is 9. The lowest BCUT2D eigenvalue weighted by Gasteiger charge is -2.34. The second kappa shape index (κ2) is 13.5. The van der Waals surface area contributed by atoms with Gasteiger partial charge in [-0.15, -0.1) is 0 Å². The Kier molecular flexibility index (Phi) is 11.1. The van der Waals surface area contributed by atoms with Crippen LogP contribution in [0.25, 0.3) is 0 Å². The molecule has 1 heterocycles. The molecule has 0 spiro atoms. The minimum absolute atomic E-state index is 0.0483. The molecule has 12 nitrogen and oxygen atoms in total. The van der Waals surface area contributed by atoms with Gasteiger partial charge in [0.05, 0.1) is 31.1 Å². The maximum Gasteiger partial charge on any atom is 0.320 e. The van der Waals surface area contributed by atoms with Crippen molar-refractivity contribution in [3.8, 4) is 5.75 Å². The molecule has 2 amide bonds. The molecule has 36 heavy (non-hydrogen) atoms.